The van der Waals surface area contributed by atoms with Crippen LogP contribution in [0.4, 0.5) is 0 Å². The fourth-order valence-electron chi connectivity index (χ4n) is 2.03. The van der Waals surface area contributed by atoms with Gasteiger partial charge >= 0.3 is 0 Å². The SMILES string of the molecule is COC(c1noc(C2CC2C#N)n1)C1CC1. The first-order chi connectivity index (χ1) is 7.83. The zero-order valence-corrected chi connectivity index (χ0v) is 9.09. The van der Waals surface area contributed by atoms with Crippen LogP contribution in [0.3, 0.4) is 0 Å². The summed E-state index contributed by atoms with van der Waals surface area (Å²) in [7, 11) is 1.67. The third kappa shape index (κ3) is 1.59. The predicted molar refractivity (Wildman–Crippen MR) is 53.2 cm³/mol. The molecular formula is C11H13N3O2. The van der Waals surface area contributed by atoms with Crippen LogP contribution in [0.25, 0.3) is 0 Å². The van der Waals surface area contributed by atoms with E-state index >= 15 is 0 Å². The number of hydrogen-bond donors (Lipinski definition) is 0. The van der Waals surface area contributed by atoms with Crippen LogP contribution < -0.4 is 0 Å². The summed E-state index contributed by atoms with van der Waals surface area (Å²) in [5, 5.41) is 12.7. The zero-order valence-electron chi connectivity index (χ0n) is 9.09. The summed E-state index contributed by atoms with van der Waals surface area (Å²) < 4.78 is 10.6. The van der Waals surface area contributed by atoms with Crippen molar-refractivity contribution in [3.63, 3.8) is 0 Å². The highest BCUT2D eigenvalue weighted by Crippen LogP contribution is 2.47. The summed E-state index contributed by atoms with van der Waals surface area (Å²) in [4.78, 5) is 4.35. The van der Waals surface area contributed by atoms with Crippen molar-refractivity contribution in [2.24, 2.45) is 11.8 Å². The van der Waals surface area contributed by atoms with Crippen LogP contribution in [0.5, 0.6) is 0 Å². The molecular weight excluding hydrogens is 206 g/mol. The molecule has 3 rings (SSSR count). The van der Waals surface area contributed by atoms with Crippen molar-refractivity contribution >= 4 is 0 Å². The monoisotopic (exact) mass is 219 g/mol. The number of nitriles is 1. The lowest BCUT2D eigenvalue weighted by Crippen LogP contribution is -2.05. The zero-order chi connectivity index (χ0) is 11.1. The van der Waals surface area contributed by atoms with Gasteiger partial charge in [0.05, 0.1) is 17.9 Å². The summed E-state index contributed by atoms with van der Waals surface area (Å²) in [5.41, 5.74) is 0. The number of aromatic nitrogens is 2. The Kier molecular flexibility index (Phi) is 2.18. The van der Waals surface area contributed by atoms with Gasteiger partial charge in [0.2, 0.25) is 11.7 Å². The number of methoxy groups -OCH3 is 1. The lowest BCUT2D eigenvalue weighted by Gasteiger charge is -2.07. The van der Waals surface area contributed by atoms with Gasteiger partial charge in [-0.2, -0.15) is 10.2 Å². The first-order valence-corrected chi connectivity index (χ1v) is 5.59. The summed E-state index contributed by atoms with van der Waals surface area (Å²) in [6.07, 6.45) is 3.16. The molecule has 2 aliphatic carbocycles. The second kappa shape index (κ2) is 3.56. The van der Waals surface area contributed by atoms with Crippen LogP contribution in [0, 0.1) is 23.2 Å². The van der Waals surface area contributed by atoms with E-state index in [2.05, 4.69) is 16.2 Å². The molecule has 3 unspecified atom stereocenters. The molecule has 0 aromatic carbocycles. The van der Waals surface area contributed by atoms with Crippen molar-refractivity contribution in [3.05, 3.63) is 11.7 Å². The predicted octanol–water partition coefficient (Wildman–Crippen LogP) is 1.79. The second-order valence-corrected chi connectivity index (χ2v) is 4.56. The maximum absolute atomic E-state index is 8.73. The van der Waals surface area contributed by atoms with E-state index in [0.29, 0.717) is 17.6 Å². The molecule has 0 radical (unpaired) electrons. The lowest BCUT2D eigenvalue weighted by molar-refractivity contribution is 0.0751. The normalized spacial score (nSPS) is 29.8. The molecule has 5 nitrogen and oxygen atoms in total. The van der Waals surface area contributed by atoms with Gasteiger partial charge in [-0.15, -0.1) is 0 Å². The number of nitrogens with zero attached hydrogens (tertiary/aromatic N) is 3. The standard InChI is InChI=1S/C11H13N3O2/c1-15-9(6-2-3-6)10-13-11(16-14-10)8-4-7(8)5-12/h6-9H,2-4H2,1H3. The third-order valence-corrected chi connectivity index (χ3v) is 3.29. The van der Waals surface area contributed by atoms with Gasteiger partial charge in [0.1, 0.15) is 6.10 Å². The summed E-state index contributed by atoms with van der Waals surface area (Å²) in [6, 6.07) is 2.22. The Hall–Kier alpha value is -1.41. The molecule has 0 aliphatic heterocycles. The summed E-state index contributed by atoms with van der Waals surface area (Å²) >= 11 is 0. The Morgan fingerprint density at radius 2 is 2.38 bits per heavy atom. The number of rotatable bonds is 4. The molecule has 16 heavy (non-hydrogen) atoms. The quantitative estimate of drug-likeness (QED) is 0.772. The summed E-state index contributed by atoms with van der Waals surface area (Å²) in [6.45, 7) is 0. The molecule has 1 aromatic rings. The van der Waals surface area contributed by atoms with Crippen LogP contribution in [0.15, 0.2) is 4.52 Å². The average Bonchev–Trinajstić information content (AvgIpc) is 3.20. The summed E-state index contributed by atoms with van der Waals surface area (Å²) in [5.74, 6) is 2.01. The Labute approximate surface area is 93.4 Å². The highest BCUT2D eigenvalue weighted by Gasteiger charge is 2.44. The molecule has 0 amide bonds. The van der Waals surface area contributed by atoms with Gasteiger partial charge in [-0.05, 0) is 25.2 Å². The van der Waals surface area contributed by atoms with Gasteiger partial charge < -0.3 is 9.26 Å². The fourth-order valence-corrected chi connectivity index (χ4v) is 2.03. The van der Waals surface area contributed by atoms with E-state index in [9.17, 15) is 0 Å². The van der Waals surface area contributed by atoms with E-state index in [1.54, 1.807) is 7.11 Å². The molecule has 0 N–H and O–H groups in total. The minimum Gasteiger partial charge on any atom is -0.373 e. The van der Waals surface area contributed by atoms with Crippen molar-refractivity contribution < 1.29 is 9.26 Å². The molecule has 1 aromatic heterocycles. The first kappa shape index (κ1) is 9.79. The Bertz CT molecular complexity index is 433. The number of ether oxygens (including phenoxy) is 1. The van der Waals surface area contributed by atoms with Crippen molar-refractivity contribution in [2.75, 3.05) is 7.11 Å². The molecule has 84 valence electrons. The molecule has 3 atom stereocenters. The van der Waals surface area contributed by atoms with Crippen LogP contribution in [0.2, 0.25) is 0 Å². The lowest BCUT2D eigenvalue weighted by atomic mass is 10.2. The van der Waals surface area contributed by atoms with E-state index in [1.807, 2.05) is 0 Å². The molecule has 2 saturated carbocycles. The maximum atomic E-state index is 8.73. The smallest absolute Gasteiger partial charge is 0.231 e. The molecule has 1 heterocycles. The average molecular weight is 219 g/mol. The van der Waals surface area contributed by atoms with E-state index < -0.39 is 0 Å². The Morgan fingerprint density at radius 1 is 1.56 bits per heavy atom. The Morgan fingerprint density at radius 3 is 2.94 bits per heavy atom. The molecule has 2 aliphatic rings. The largest absolute Gasteiger partial charge is 0.373 e. The molecule has 2 fully saturated rings. The van der Waals surface area contributed by atoms with E-state index in [-0.39, 0.29) is 17.9 Å². The van der Waals surface area contributed by atoms with Crippen LogP contribution in [-0.4, -0.2) is 17.3 Å². The van der Waals surface area contributed by atoms with E-state index in [1.165, 1.54) is 12.8 Å². The van der Waals surface area contributed by atoms with E-state index in [0.717, 1.165) is 6.42 Å². The third-order valence-electron chi connectivity index (χ3n) is 3.29. The number of hydrogen-bond acceptors (Lipinski definition) is 5. The Balaban J connectivity index is 1.75. The van der Waals surface area contributed by atoms with E-state index in [4.69, 9.17) is 14.5 Å². The van der Waals surface area contributed by atoms with Gasteiger partial charge in [-0.3, -0.25) is 0 Å². The van der Waals surface area contributed by atoms with Crippen LogP contribution in [0.1, 0.15) is 43.0 Å². The van der Waals surface area contributed by atoms with Crippen molar-refractivity contribution in [1.29, 1.82) is 5.26 Å². The fraction of sp³-hybridized carbons (Fsp3) is 0.727. The minimum absolute atomic E-state index is 0.0308. The van der Waals surface area contributed by atoms with Gasteiger partial charge in [0.25, 0.3) is 0 Å². The molecule has 0 saturated heterocycles. The molecule has 0 bridgehead atoms. The van der Waals surface area contributed by atoms with Crippen molar-refractivity contribution in [3.8, 4) is 6.07 Å². The highest BCUT2D eigenvalue weighted by atomic mass is 16.5. The van der Waals surface area contributed by atoms with Crippen LogP contribution >= 0.6 is 0 Å². The maximum Gasteiger partial charge on any atom is 0.231 e. The first-order valence-electron chi connectivity index (χ1n) is 5.59. The van der Waals surface area contributed by atoms with Gasteiger partial charge in [0, 0.05) is 7.11 Å². The van der Waals surface area contributed by atoms with Gasteiger partial charge in [0.15, 0.2) is 0 Å². The highest BCUT2D eigenvalue weighted by molar-refractivity contribution is 5.16. The van der Waals surface area contributed by atoms with Crippen molar-refractivity contribution in [1.82, 2.24) is 10.1 Å². The minimum atomic E-state index is -0.0308. The van der Waals surface area contributed by atoms with Gasteiger partial charge in [-0.25, -0.2) is 0 Å². The van der Waals surface area contributed by atoms with Crippen LogP contribution in [-0.2, 0) is 4.74 Å². The van der Waals surface area contributed by atoms with Crippen molar-refractivity contribution in [2.45, 2.75) is 31.3 Å². The van der Waals surface area contributed by atoms with Gasteiger partial charge in [-0.1, -0.05) is 5.16 Å². The topological polar surface area (TPSA) is 71.9 Å². The second-order valence-electron chi connectivity index (χ2n) is 4.56. The molecule has 5 heteroatoms. The molecule has 0 spiro atoms.